The maximum atomic E-state index is 12.4. The molecule has 5 heteroatoms. The average Bonchev–Trinajstić information content (AvgIpc) is 2.89. The molecule has 1 saturated heterocycles. The second-order valence-corrected chi connectivity index (χ2v) is 7.23. The highest BCUT2D eigenvalue weighted by molar-refractivity contribution is 5.89. The molecule has 24 heavy (non-hydrogen) atoms. The molecule has 0 aliphatic carbocycles. The minimum atomic E-state index is -0.274. The summed E-state index contributed by atoms with van der Waals surface area (Å²) in [5.41, 5.74) is 8.03. The van der Waals surface area contributed by atoms with E-state index in [-0.39, 0.29) is 30.2 Å². The van der Waals surface area contributed by atoms with E-state index >= 15 is 0 Å². The summed E-state index contributed by atoms with van der Waals surface area (Å²) in [4.78, 5) is 26.4. The van der Waals surface area contributed by atoms with Crippen molar-refractivity contribution in [1.29, 1.82) is 0 Å². The number of nitrogens with one attached hydrogen (secondary N) is 1. The van der Waals surface area contributed by atoms with Gasteiger partial charge in [0.05, 0.1) is 5.92 Å². The van der Waals surface area contributed by atoms with E-state index in [9.17, 15) is 9.59 Å². The normalized spacial score (nSPS) is 19.0. The minimum absolute atomic E-state index is 0.0150. The topological polar surface area (TPSA) is 75.4 Å². The first-order valence-corrected chi connectivity index (χ1v) is 8.72. The molecule has 2 rings (SSSR count). The molecule has 0 bridgehead atoms. The molecule has 132 valence electrons. The van der Waals surface area contributed by atoms with Crippen LogP contribution in [-0.4, -0.2) is 35.8 Å². The minimum Gasteiger partial charge on any atom is -0.352 e. The van der Waals surface area contributed by atoms with Crippen molar-refractivity contribution < 1.29 is 9.59 Å². The quantitative estimate of drug-likeness (QED) is 0.800. The van der Waals surface area contributed by atoms with Gasteiger partial charge in [0.25, 0.3) is 0 Å². The van der Waals surface area contributed by atoms with Crippen molar-refractivity contribution in [2.24, 2.45) is 17.6 Å². The van der Waals surface area contributed by atoms with Crippen LogP contribution in [-0.2, 0) is 16.1 Å². The molecule has 0 saturated carbocycles. The van der Waals surface area contributed by atoms with Gasteiger partial charge in [0, 0.05) is 32.1 Å². The van der Waals surface area contributed by atoms with Gasteiger partial charge in [-0.25, -0.2) is 0 Å². The largest absolute Gasteiger partial charge is 0.352 e. The van der Waals surface area contributed by atoms with Crippen molar-refractivity contribution in [1.82, 2.24) is 10.2 Å². The van der Waals surface area contributed by atoms with Gasteiger partial charge in [-0.1, -0.05) is 43.7 Å². The third-order valence-electron chi connectivity index (χ3n) is 4.47. The van der Waals surface area contributed by atoms with Crippen LogP contribution in [0.2, 0.25) is 0 Å². The number of hydrogen-bond acceptors (Lipinski definition) is 3. The lowest BCUT2D eigenvalue weighted by Crippen LogP contribution is -2.44. The van der Waals surface area contributed by atoms with E-state index in [2.05, 4.69) is 19.2 Å². The van der Waals surface area contributed by atoms with E-state index in [0.717, 1.165) is 12.0 Å². The lowest BCUT2D eigenvalue weighted by molar-refractivity contribution is -0.129. The van der Waals surface area contributed by atoms with E-state index in [0.29, 0.717) is 25.6 Å². The molecule has 1 aliphatic rings. The van der Waals surface area contributed by atoms with E-state index in [1.807, 2.05) is 31.2 Å². The smallest absolute Gasteiger partial charge is 0.225 e. The Morgan fingerprint density at radius 2 is 2.00 bits per heavy atom. The Hall–Kier alpha value is -1.88. The van der Waals surface area contributed by atoms with Gasteiger partial charge in [-0.15, -0.1) is 0 Å². The third-order valence-corrected chi connectivity index (χ3v) is 4.47. The van der Waals surface area contributed by atoms with Crippen LogP contribution in [0.25, 0.3) is 0 Å². The molecule has 2 amide bonds. The van der Waals surface area contributed by atoms with Crippen molar-refractivity contribution in [3.05, 3.63) is 35.4 Å². The molecular weight excluding hydrogens is 302 g/mol. The Morgan fingerprint density at radius 1 is 1.33 bits per heavy atom. The fourth-order valence-corrected chi connectivity index (χ4v) is 3.12. The van der Waals surface area contributed by atoms with E-state index in [1.165, 1.54) is 5.56 Å². The summed E-state index contributed by atoms with van der Waals surface area (Å²) < 4.78 is 0. The molecule has 1 aromatic rings. The summed E-state index contributed by atoms with van der Waals surface area (Å²) in [7, 11) is 0. The molecule has 2 unspecified atom stereocenters. The first-order valence-electron chi connectivity index (χ1n) is 8.72. The highest BCUT2D eigenvalue weighted by Crippen LogP contribution is 2.21. The molecule has 0 spiro atoms. The van der Waals surface area contributed by atoms with Crippen LogP contribution in [0.3, 0.4) is 0 Å². The molecule has 1 aromatic carbocycles. The van der Waals surface area contributed by atoms with Crippen LogP contribution >= 0.6 is 0 Å². The molecule has 1 fully saturated rings. The van der Waals surface area contributed by atoms with Crippen molar-refractivity contribution in [3.8, 4) is 0 Å². The number of carbonyl (C=O) groups excluding carboxylic acids is 2. The van der Waals surface area contributed by atoms with Crippen LogP contribution < -0.4 is 11.1 Å². The van der Waals surface area contributed by atoms with Gasteiger partial charge in [-0.05, 0) is 24.8 Å². The summed E-state index contributed by atoms with van der Waals surface area (Å²) >= 11 is 0. The second kappa shape index (κ2) is 8.29. The Kier molecular flexibility index (Phi) is 6.37. The van der Waals surface area contributed by atoms with Crippen LogP contribution in [0.1, 0.15) is 37.8 Å². The van der Waals surface area contributed by atoms with Gasteiger partial charge in [0.15, 0.2) is 0 Å². The first-order chi connectivity index (χ1) is 11.4. The Morgan fingerprint density at radius 3 is 2.58 bits per heavy atom. The Balaban J connectivity index is 1.90. The Bertz CT molecular complexity index is 568. The number of aryl methyl sites for hydroxylation is 1. The van der Waals surface area contributed by atoms with Crippen LogP contribution in [0, 0.1) is 18.8 Å². The van der Waals surface area contributed by atoms with E-state index in [4.69, 9.17) is 5.73 Å². The zero-order chi connectivity index (χ0) is 17.7. The third kappa shape index (κ3) is 5.06. The zero-order valence-electron chi connectivity index (χ0n) is 14.9. The highest BCUT2D eigenvalue weighted by atomic mass is 16.2. The number of hydrogen-bond donors (Lipinski definition) is 2. The highest BCUT2D eigenvalue weighted by Gasteiger charge is 2.34. The van der Waals surface area contributed by atoms with Gasteiger partial charge in [0.1, 0.15) is 0 Å². The maximum absolute atomic E-state index is 12.4. The number of carbonyl (C=O) groups is 2. The first kappa shape index (κ1) is 18.5. The Labute approximate surface area is 144 Å². The summed E-state index contributed by atoms with van der Waals surface area (Å²) in [6, 6.07) is 8.13. The van der Waals surface area contributed by atoms with Crippen LogP contribution in [0.15, 0.2) is 24.3 Å². The van der Waals surface area contributed by atoms with Gasteiger partial charge in [0.2, 0.25) is 11.8 Å². The maximum Gasteiger partial charge on any atom is 0.225 e. The fourth-order valence-electron chi connectivity index (χ4n) is 3.12. The van der Waals surface area contributed by atoms with Crippen molar-refractivity contribution in [2.45, 2.75) is 46.2 Å². The van der Waals surface area contributed by atoms with Crippen molar-refractivity contribution in [2.75, 3.05) is 13.1 Å². The van der Waals surface area contributed by atoms with Gasteiger partial charge in [-0.3, -0.25) is 9.59 Å². The van der Waals surface area contributed by atoms with E-state index in [1.54, 1.807) is 4.90 Å². The lowest BCUT2D eigenvalue weighted by atomic mass is 10.0. The predicted octanol–water partition coefficient (Wildman–Crippen LogP) is 1.83. The molecular formula is C19H29N3O2. The average molecular weight is 331 g/mol. The lowest BCUT2D eigenvalue weighted by Gasteiger charge is -2.21. The summed E-state index contributed by atoms with van der Waals surface area (Å²) in [6.45, 7) is 7.73. The number of benzene rings is 1. The van der Waals surface area contributed by atoms with Gasteiger partial charge >= 0.3 is 0 Å². The molecule has 3 N–H and O–H groups in total. The summed E-state index contributed by atoms with van der Waals surface area (Å²) in [5, 5.41) is 3.01. The molecule has 1 aliphatic heterocycles. The van der Waals surface area contributed by atoms with Crippen LogP contribution in [0.4, 0.5) is 0 Å². The summed E-state index contributed by atoms with van der Waals surface area (Å²) in [6.07, 6.45) is 1.15. The van der Waals surface area contributed by atoms with Crippen LogP contribution in [0.5, 0.6) is 0 Å². The molecule has 5 nitrogen and oxygen atoms in total. The molecule has 2 atom stereocenters. The summed E-state index contributed by atoms with van der Waals surface area (Å²) in [5.74, 6) is 0.195. The van der Waals surface area contributed by atoms with Crippen molar-refractivity contribution in [3.63, 3.8) is 0 Å². The molecule has 0 aromatic heterocycles. The number of amides is 2. The molecule has 0 radical (unpaired) electrons. The fraction of sp³-hybridized carbons (Fsp3) is 0.579. The number of likely N-dealkylation sites (tertiary alicyclic amines) is 1. The predicted molar refractivity (Wildman–Crippen MR) is 95.1 cm³/mol. The number of nitrogens with zero attached hydrogens (tertiary/aromatic N) is 1. The van der Waals surface area contributed by atoms with Crippen molar-refractivity contribution >= 4 is 11.8 Å². The second-order valence-electron chi connectivity index (χ2n) is 7.23. The SMILES string of the molecule is Cc1ccc(CN2CC(C(=O)NC(CN)CC(C)C)CC2=O)cc1. The molecule has 1 heterocycles. The van der Waals surface area contributed by atoms with Gasteiger partial charge < -0.3 is 16.0 Å². The van der Waals surface area contributed by atoms with Gasteiger partial charge in [-0.2, -0.15) is 0 Å². The number of rotatable bonds is 7. The zero-order valence-corrected chi connectivity index (χ0v) is 14.9. The standard InChI is InChI=1S/C19H29N3O2/c1-13(2)8-17(10-20)21-19(24)16-9-18(23)22(12-16)11-15-6-4-14(3)5-7-15/h4-7,13,16-17H,8-12,20H2,1-3H3,(H,21,24). The van der Waals surface area contributed by atoms with E-state index < -0.39 is 0 Å². The monoisotopic (exact) mass is 331 g/mol. The number of nitrogens with two attached hydrogens (primary N) is 1.